The first-order valence-electron chi connectivity index (χ1n) is 10.2. The highest BCUT2D eigenvalue weighted by Crippen LogP contribution is 2.28. The number of aryl methyl sites for hydroxylation is 1. The molecule has 0 radical (unpaired) electrons. The Hall–Kier alpha value is -2.35. The van der Waals surface area contributed by atoms with Gasteiger partial charge in [-0.05, 0) is 38.3 Å². The third-order valence-corrected chi connectivity index (χ3v) is 6.51. The van der Waals surface area contributed by atoms with E-state index in [0.717, 1.165) is 24.6 Å². The van der Waals surface area contributed by atoms with E-state index < -0.39 is 5.25 Å². The summed E-state index contributed by atoms with van der Waals surface area (Å²) in [7, 11) is 0. The second kappa shape index (κ2) is 9.91. The molecule has 2 aromatic rings. The molecule has 8 heteroatoms. The summed E-state index contributed by atoms with van der Waals surface area (Å²) < 4.78 is 1.50. The lowest BCUT2D eigenvalue weighted by Gasteiger charge is -2.20. The highest BCUT2D eigenvalue weighted by molar-refractivity contribution is 8.00. The number of benzene rings is 1. The largest absolute Gasteiger partial charge is 0.336 e. The Morgan fingerprint density at radius 1 is 1.24 bits per heavy atom. The topological polar surface area (TPSA) is 103 Å². The molecule has 0 spiro atoms. The van der Waals surface area contributed by atoms with Crippen LogP contribution in [0.25, 0.3) is 0 Å². The van der Waals surface area contributed by atoms with Gasteiger partial charge in [0.25, 0.3) is 0 Å². The van der Waals surface area contributed by atoms with Gasteiger partial charge in [-0.25, -0.2) is 4.68 Å². The fourth-order valence-corrected chi connectivity index (χ4v) is 4.50. The predicted octanol–water partition coefficient (Wildman–Crippen LogP) is 3.83. The smallest absolute Gasteiger partial charge is 0.237 e. The minimum Gasteiger partial charge on any atom is -0.336 e. The van der Waals surface area contributed by atoms with Gasteiger partial charge in [0.2, 0.25) is 11.1 Å². The van der Waals surface area contributed by atoms with Crippen LogP contribution in [0.2, 0.25) is 0 Å². The number of rotatable bonds is 8. The zero-order valence-corrected chi connectivity index (χ0v) is 17.9. The number of nitrogen functional groups attached to an aromatic ring is 1. The Labute approximate surface area is 175 Å². The molecule has 1 aliphatic carbocycles. The Bertz CT molecular complexity index is 861. The molecule has 0 aliphatic heterocycles. The van der Waals surface area contributed by atoms with Crippen LogP contribution >= 0.6 is 11.8 Å². The van der Waals surface area contributed by atoms with E-state index in [1.165, 1.54) is 55.5 Å². The van der Waals surface area contributed by atoms with Gasteiger partial charge in [0, 0.05) is 12.0 Å². The van der Waals surface area contributed by atoms with E-state index in [1.807, 2.05) is 0 Å². The van der Waals surface area contributed by atoms with Crippen molar-refractivity contribution >= 4 is 29.1 Å². The molecule has 1 heterocycles. The second-order valence-corrected chi connectivity index (χ2v) is 8.97. The van der Waals surface area contributed by atoms with E-state index in [2.05, 4.69) is 15.5 Å². The van der Waals surface area contributed by atoms with Gasteiger partial charge in [0.05, 0.1) is 10.9 Å². The maximum absolute atomic E-state index is 12.6. The Morgan fingerprint density at radius 2 is 1.97 bits per heavy atom. The Morgan fingerprint density at radius 3 is 2.69 bits per heavy atom. The maximum Gasteiger partial charge on any atom is 0.237 e. The minimum atomic E-state index is -0.437. The molecular formula is C21H29N5O2S. The molecule has 1 aliphatic rings. The standard InChI is InChI=1S/C21H29N5O2S/c1-14(27)17-10-6-7-11-18(17)23-20(28)15(2)29-21-25-24-19(26(21)22)13-12-16-8-4-3-5-9-16/h6-7,10-11,15-16H,3-5,8-9,12-13,22H2,1-2H3,(H,23,28)/t15-/m0/s1. The summed E-state index contributed by atoms with van der Waals surface area (Å²) in [6.45, 7) is 3.27. The highest BCUT2D eigenvalue weighted by Gasteiger charge is 2.21. The van der Waals surface area contributed by atoms with Crippen LogP contribution in [0.4, 0.5) is 5.69 Å². The molecule has 1 aromatic carbocycles. The van der Waals surface area contributed by atoms with Gasteiger partial charge in [0.1, 0.15) is 0 Å². The molecule has 1 aromatic heterocycles. The summed E-state index contributed by atoms with van der Waals surface area (Å²) in [5, 5.41) is 11.3. The number of carbonyl (C=O) groups excluding carboxylic acids is 2. The predicted molar refractivity (Wildman–Crippen MR) is 115 cm³/mol. The normalized spacial score (nSPS) is 15.8. The summed E-state index contributed by atoms with van der Waals surface area (Å²) in [5.41, 5.74) is 1.00. The van der Waals surface area contributed by atoms with Crippen molar-refractivity contribution in [3.05, 3.63) is 35.7 Å². The van der Waals surface area contributed by atoms with Crippen molar-refractivity contribution < 1.29 is 9.59 Å². The number of anilines is 1. The van der Waals surface area contributed by atoms with Crippen molar-refractivity contribution in [2.75, 3.05) is 11.2 Å². The quantitative estimate of drug-likeness (QED) is 0.386. The SMILES string of the molecule is CC(=O)c1ccccc1NC(=O)[C@H](C)Sc1nnc(CCC2CCCCC2)n1N. The second-order valence-electron chi connectivity index (χ2n) is 7.66. The number of thioether (sulfide) groups is 1. The third-order valence-electron chi connectivity index (χ3n) is 5.45. The van der Waals surface area contributed by atoms with E-state index in [9.17, 15) is 9.59 Å². The molecule has 0 saturated heterocycles. The first kappa shape index (κ1) is 21.4. The van der Waals surface area contributed by atoms with Crippen LogP contribution < -0.4 is 11.2 Å². The van der Waals surface area contributed by atoms with Crippen molar-refractivity contribution in [2.45, 2.75) is 69.2 Å². The van der Waals surface area contributed by atoms with Crippen LogP contribution in [-0.2, 0) is 11.2 Å². The zero-order valence-electron chi connectivity index (χ0n) is 17.1. The average molecular weight is 416 g/mol. The van der Waals surface area contributed by atoms with Gasteiger partial charge in [-0.1, -0.05) is 56.0 Å². The maximum atomic E-state index is 12.6. The zero-order chi connectivity index (χ0) is 20.8. The molecule has 3 N–H and O–H groups in total. The van der Waals surface area contributed by atoms with Gasteiger partial charge in [-0.2, -0.15) is 0 Å². The van der Waals surface area contributed by atoms with Crippen molar-refractivity contribution in [1.29, 1.82) is 0 Å². The van der Waals surface area contributed by atoms with Crippen molar-refractivity contribution in [3.63, 3.8) is 0 Å². The molecule has 1 amide bonds. The molecule has 1 saturated carbocycles. The number of hydrogen-bond acceptors (Lipinski definition) is 6. The van der Waals surface area contributed by atoms with Gasteiger partial charge in [0.15, 0.2) is 11.6 Å². The fraction of sp³-hybridized carbons (Fsp3) is 0.524. The summed E-state index contributed by atoms with van der Waals surface area (Å²) in [4.78, 5) is 24.3. The lowest BCUT2D eigenvalue weighted by Crippen LogP contribution is -2.24. The summed E-state index contributed by atoms with van der Waals surface area (Å²) in [5.74, 6) is 7.38. The van der Waals surface area contributed by atoms with Crippen LogP contribution in [0.5, 0.6) is 0 Å². The van der Waals surface area contributed by atoms with Crippen molar-refractivity contribution in [2.24, 2.45) is 5.92 Å². The van der Waals surface area contributed by atoms with Gasteiger partial charge < -0.3 is 11.2 Å². The number of nitrogens with two attached hydrogens (primary N) is 1. The lowest BCUT2D eigenvalue weighted by atomic mass is 9.86. The molecular weight excluding hydrogens is 386 g/mol. The van der Waals surface area contributed by atoms with Gasteiger partial charge in [-0.3, -0.25) is 9.59 Å². The number of ketones is 1. The first-order valence-corrected chi connectivity index (χ1v) is 11.1. The van der Waals surface area contributed by atoms with E-state index in [4.69, 9.17) is 5.84 Å². The monoisotopic (exact) mass is 415 g/mol. The molecule has 3 rings (SSSR count). The average Bonchev–Trinajstić information content (AvgIpc) is 3.06. The molecule has 0 bridgehead atoms. The molecule has 29 heavy (non-hydrogen) atoms. The summed E-state index contributed by atoms with van der Waals surface area (Å²) in [6, 6.07) is 6.98. The first-order chi connectivity index (χ1) is 14.0. The number of amides is 1. The molecule has 1 atom stereocenters. The number of aromatic nitrogens is 3. The van der Waals surface area contributed by atoms with E-state index in [0.29, 0.717) is 16.4 Å². The number of nitrogens with one attached hydrogen (secondary N) is 1. The number of para-hydroxylation sites is 1. The summed E-state index contributed by atoms with van der Waals surface area (Å²) >= 11 is 1.26. The molecule has 156 valence electrons. The van der Waals surface area contributed by atoms with Crippen LogP contribution in [0.15, 0.2) is 29.4 Å². The lowest BCUT2D eigenvalue weighted by molar-refractivity contribution is -0.115. The Balaban J connectivity index is 1.57. The van der Waals surface area contributed by atoms with Gasteiger partial charge in [-0.15, -0.1) is 10.2 Å². The third kappa shape index (κ3) is 5.59. The minimum absolute atomic E-state index is 0.0921. The molecule has 0 unspecified atom stereocenters. The molecule has 7 nitrogen and oxygen atoms in total. The Kier molecular flexibility index (Phi) is 7.30. The summed E-state index contributed by atoms with van der Waals surface area (Å²) in [6.07, 6.45) is 8.46. The van der Waals surface area contributed by atoms with Crippen LogP contribution in [0.3, 0.4) is 0 Å². The van der Waals surface area contributed by atoms with Gasteiger partial charge >= 0.3 is 0 Å². The van der Waals surface area contributed by atoms with E-state index >= 15 is 0 Å². The molecule has 1 fully saturated rings. The van der Waals surface area contributed by atoms with E-state index in [1.54, 1.807) is 31.2 Å². The highest BCUT2D eigenvalue weighted by atomic mass is 32.2. The number of hydrogen-bond donors (Lipinski definition) is 2. The van der Waals surface area contributed by atoms with Crippen LogP contribution in [0.1, 0.15) is 68.6 Å². The van der Waals surface area contributed by atoms with Crippen LogP contribution in [0, 0.1) is 5.92 Å². The number of carbonyl (C=O) groups is 2. The number of Topliss-reactive ketones (excluding diaryl/α,β-unsaturated/α-hetero) is 1. The fourth-order valence-electron chi connectivity index (χ4n) is 3.71. The van der Waals surface area contributed by atoms with Crippen molar-refractivity contribution in [3.8, 4) is 0 Å². The van der Waals surface area contributed by atoms with E-state index in [-0.39, 0.29) is 11.7 Å². The van der Waals surface area contributed by atoms with Crippen LogP contribution in [-0.4, -0.2) is 31.8 Å². The number of nitrogens with zero attached hydrogens (tertiary/aromatic N) is 3. The van der Waals surface area contributed by atoms with Crippen molar-refractivity contribution in [1.82, 2.24) is 14.9 Å².